The molecule has 0 spiro atoms. The zero-order valence-corrected chi connectivity index (χ0v) is 7.23. The van der Waals surface area contributed by atoms with Crippen LogP contribution in [-0.4, -0.2) is 26.7 Å². The van der Waals surface area contributed by atoms with Crippen LogP contribution < -0.4 is 5.32 Å². The monoisotopic (exact) mass is 147 g/mol. The smallest absolute Gasteiger partial charge is 0.302 e. The molecule has 0 aromatic heterocycles. The van der Waals surface area contributed by atoms with Crippen molar-refractivity contribution in [1.29, 1.82) is 0 Å². The van der Waals surface area contributed by atoms with E-state index in [9.17, 15) is 4.79 Å². The van der Waals surface area contributed by atoms with Crippen molar-refractivity contribution in [3.8, 4) is 0 Å². The number of carbonyl (C=O) groups excluding carboxylic acids is 1. The Morgan fingerprint density at radius 2 is 1.90 bits per heavy atom. The van der Waals surface area contributed by atoms with Crippen LogP contribution in [0.25, 0.3) is 0 Å². The molecule has 1 N–H and O–H groups in total. The highest BCUT2D eigenvalue weighted by Gasteiger charge is 1.85. The van der Waals surface area contributed by atoms with Gasteiger partial charge in [0.2, 0.25) is 0 Å². The van der Waals surface area contributed by atoms with Gasteiger partial charge in [-0.2, -0.15) is 0 Å². The molecule has 0 fully saturated rings. The summed E-state index contributed by atoms with van der Waals surface area (Å²) in [4.78, 5) is 9.98. The van der Waals surface area contributed by atoms with E-state index in [4.69, 9.17) is 0 Å². The molecule has 0 rings (SSSR count). The fraction of sp³-hybridized carbons (Fsp3) is 0.857. The number of hydrogen-bond donors (Lipinski definition) is 1. The minimum absolute atomic E-state index is 0.193. The maximum absolute atomic E-state index is 9.98. The average molecular weight is 147 g/mol. The van der Waals surface area contributed by atoms with E-state index >= 15 is 0 Å². The summed E-state index contributed by atoms with van der Waals surface area (Å²) in [7, 11) is 3.75. The van der Waals surface area contributed by atoms with E-state index < -0.39 is 0 Å². The van der Waals surface area contributed by atoms with Crippen molar-refractivity contribution >= 4 is 5.97 Å². The average Bonchev–Trinajstić information content (AvgIpc) is 1.85. The number of nitrogens with one attached hydrogen (secondary N) is 1. The second kappa shape index (κ2) is 11.3. The maximum atomic E-state index is 9.98. The van der Waals surface area contributed by atoms with Crippen LogP contribution in [-0.2, 0) is 9.53 Å². The van der Waals surface area contributed by atoms with E-state index in [0.717, 1.165) is 6.42 Å². The van der Waals surface area contributed by atoms with Crippen LogP contribution in [0.3, 0.4) is 0 Å². The zero-order valence-electron chi connectivity index (χ0n) is 7.23. The fourth-order valence-electron chi connectivity index (χ4n) is 0.246. The van der Waals surface area contributed by atoms with E-state index in [-0.39, 0.29) is 5.97 Å². The lowest BCUT2D eigenvalue weighted by Crippen LogP contribution is -1.98. The third kappa shape index (κ3) is 26.1. The van der Waals surface area contributed by atoms with Crippen LogP contribution in [0.2, 0.25) is 0 Å². The molecule has 0 aromatic rings. The summed E-state index contributed by atoms with van der Waals surface area (Å²) in [5, 5.41) is 2.75. The van der Waals surface area contributed by atoms with Gasteiger partial charge < -0.3 is 10.1 Å². The molecule has 0 radical (unpaired) electrons. The summed E-state index contributed by atoms with van der Waals surface area (Å²) < 4.78 is 4.55. The molecule has 0 saturated carbocycles. The van der Waals surface area contributed by atoms with Gasteiger partial charge in [0.05, 0.1) is 6.61 Å². The van der Waals surface area contributed by atoms with Crippen molar-refractivity contribution in [3.05, 3.63) is 0 Å². The summed E-state index contributed by atoms with van der Waals surface area (Å²) >= 11 is 0. The summed E-state index contributed by atoms with van der Waals surface area (Å²) in [6, 6.07) is 0. The normalized spacial score (nSPS) is 7.60. The first-order valence-corrected chi connectivity index (χ1v) is 3.40. The Hall–Kier alpha value is -0.570. The van der Waals surface area contributed by atoms with Gasteiger partial charge in [-0.25, -0.2) is 0 Å². The standard InChI is InChI=1S/C5H10O2.C2H7N/c1-3-4-7-5(2)6;1-3-2/h3-4H2,1-2H3;3H,1-2H3. The van der Waals surface area contributed by atoms with Crippen LogP contribution >= 0.6 is 0 Å². The Bertz CT molecular complexity index is 74.0. The van der Waals surface area contributed by atoms with Crippen molar-refractivity contribution in [1.82, 2.24) is 5.32 Å². The van der Waals surface area contributed by atoms with Gasteiger partial charge >= 0.3 is 5.97 Å². The van der Waals surface area contributed by atoms with E-state index in [1.165, 1.54) is 6.92 Å². The lowest BCUT2D eigenvalue weighted by molar-refractivity contribution is -0.140. The highest BCUT2D eigenvalue weighted by atomic mass is 16.5. The molecule has 0 aliphatic heterocycles. The van der Waals surface area contributed by atoms with E-state index in [2.05, 4.69) is 10.1 Å². The Labute approximate surface area is 62.8 Å². The molecule has 0 aliphatic rings. The highest BCUT2D eigenvalue weighted by Crippen LogP contribution is 1.78. The molecule has 0 saturated heterocycles. The van der Waals surface area contributed by atoms with Crippen LogP contribution in [0.4, 0.5) is 0 Å². The van der Waals surface area contributed by atoms with Gasteiger partial charge in [0.1, 0.15) is 0 Å². The second-order valence-electron chi connectivity index (χ2n) is 1.84. The maximum Gasteiger partial charge on any atom is 0.302 e. The Morgan fingerprint density at radius 3 is 2.00 bits per heavy atom. The summed E-state index contributed by atoms with van der Waals surface area (Å²) in [5.74, 6) is -0.193. The van der Waals surface area contributed by atoms with Gasteiger partial charge in [-0.05, 0) is 20.5 Å². The predicted octanol–water partition coefficient (Wildman–Crippen LogP) is 0.795. The molecule has 3 nitrogen and oxygen atoms in total. The van der Waals surface area contributed by atoms with E-state index in [1.54, 1.807) is 0 Å². The molecule has 0 aromatic carbocycles. The summed E-state index contributed by atoms with van der Waals surface area (Å²) in [5.41, 5.74) is 0. The largest absolute Gasteiger partial charge is 0.466 e. The summed E-state index contributed by atoms with van der Waals surface area (Å²) in [6.07, 6.45) is 0.902. The topological polar surface area (TPSA) is 38.3 Å². The van der Waals surface area contributed by atoms with Crippen molar-refractivity contribution in [2.45, 2.75) is 20.3 Å². The minimum Gasteiger partial charge on any atom is -0.466 e. The third-order valence-corrected chi connectivity index (χ3v) is 0.509. The van der Waals surface area contributed by atoms with E-state index in [0.29, 0.717) is 6.61 Å². The molecule has 3 heteroatoms. The Morgan fingerprint density at radius 1 is 1.50 bits per heavy atom. The van der Waals surface area contributed by atoms with Gasteiger partial charge in [0, 0.05) is 6.92 Å². The minimum atomic E-state index is -0.193. The predicted molar refractivity (Wildman–Crippen MR) is 41.9 cm³/mol. The molecular weight excluding hydrogens is 130 g/mol. The van der Waals surface area contributed by atoms with E-state index in [1.807, 2.05) is 21.0 Å². The number of hydrogen-bond acceptors (Lipinski definition) is 3. The molecule has 0 atom stereocenters. The van der Waals surface area contributed by atoms with Gasteiger partial charge in [-0.15, -0.1) is 0 Å². The van der Waals surface area contributed by atoms with Crippen molar-refractivity contribution in [2.24, 2.45) is 0 Å². The van der Waals surface area contributed by atoms with Gasteiger partial charge in [-0.3, -0.25) is 4.79 Å². The quantitative estimate of drug-likeness (QED) is 0.587. The van der Waals surface area contributed by atoms with Gasteiger partial charge in [-0.1, -0.05) is 6.92 Å². The number of ether oxygens (including phenoxy) is 1. The highest BCUT2D eigenvalue weighted by molar-refractivity contribution is 5.65. The summed E-state index contributed by atoms with van der Waals surface area (Å²) in [6.45, 7) is 3.92. The SMILES string of the molecule is CCCOC(C)=O.CNC. The first kappa shape index (κ1) is 12.1. The third-order valence-electron chi connectivity index (χ3n) is 0.509. The molecule has 0 aliphatic carbocycles. The van der Waals surface area contributed by atoms with Crippen LogP contribution in [0.15, 0.2) is 0 Å². The van der Waals surface area contributed by atoms with Crippen LogP contribution in [0.5, 0.6) is 0 Å². The van der Waals surface area contributed by atoms with Crippen LogP contribution in [0, 0.1) is 0 Å². The Kier molecular flexibility index (Phi) is 13.7. The molecule has 0 heterocycles. The van der Waals surface area contributed by atoms with Crippen molar-refractivity contribution in [2.75, 3.05) is 20.7 Å². The molecule has 0 bridgehead atoms. The lowest BCUT2D eigenvalue weighted by atomic mass is 10.5. The van der Waals surface area contributed by atoms with Gasteiger partial charge in [0.25, 0.3) is 0 Å². The number of esters is 1. The Balaban J connectivity index is 0. The van der Waals surface area contributed by atoms with Crippen LogP contribution in [0.1, 0.15) is 20.3 Å². The molecule has 10 heavy (non-hydrogen) atoms. The molecule has 0 unspecified atom stereocenters. The zero-order chi connectivity index (χ0) is 8.41. The second-order valence-corrected chi connectivity index (χ2v) is 1.84. The van der Waals surface area contributed by atoms with Gasteiger partial charge in [0.15, 0.2) is 0 Å². The lowest BCUT2D eigenvalue weighted by Gasteiger charge is -1.93. The molecule has 0 amide bonds. The van der Waals surface area contributed by atoms with Crippen molar-refractivity contribution < 1.29 is 9.53 Å². The molecule has 62 valence electrons. The molecular formula is C7H17NO2. The first-order valence-electron chi connectivity index (χ1n) is 3.40. The first-order chi connectivity index (χ1) is 4.68. The number of rotatable bonds is 2. The fourth-order valence-corrected chi connectivity index (χ4v) is 0.246. The van der Waals surface area contributed by atoms with Crippen molar-refractivity contribution in [3.63, 3.8) is 0 Å². The number of carbonyl (C=O) groups is 1.